The number of aryl methyl sites for hydroxylation is 2. The Kier molecular flexibility index (Phi) is 7.24. The largest absolute Gasteiger partial charge is 0.345 e. The molecule has 2 heterocycles. The van der Waals surface area contributed by atoms with Crippen LogP contribution in [0, 0.1) is 33.7 Å². The summed E-state index contributed by atoms with van der Waals surface area (Å²) in [4.78, 5) is 13.4. The minimum Gasteiger partial charge on any atom is -0.345 e. The number of rotatable bonds is 6. The molecule has 36 heavy (non-hydrogen) atoms. The number of aromatic nitrogens is 1. The molecule has 1 aliphatic rings. The normalized spacial score (nSPS) is 20.1. The second-order valence-electron chi connectivity index (χ2n) is 9.15. The molecular weight excluding hydrogens is 484 g/mol. The molecule has 0 spiro atoms. The standard InChI is InChI=1S/C26H27F2N5O2S/c1-16(3-4-17-5-7-19(27)8-6-17)23-12-10-21-24(36(30,35)32-23)15-33(2)25(21)26(34)31-20-9-11-22(28)18(13-20)14-29/h5-9,11,13,15-16,23H,3-4,10,12H2,1-2H3,(H,31,34)(H2,30,32,35)/t16-,23+,36?/m0/s1. The number of hydrogen-bond donors (Lipinski definition) is 3. The Labute approximate surface area is 209 Å². The summed E-state index contributed by atoms with van der Waals surface area (Å²) in [5, 5.41) is 11.7. The Hall–Kier alpha value is -3.55. The number of carbonyl (C=O) groups excluding carboxylic acids is 1. The van der Waals surface area contributed by atoms with Crippen molar-refractivity contribution in [3.05, 3.63) is 82.7 Å². The molecule has 1 aliphatic heterocycles. The van der Waals surface area contributed by atoms with E-state index in [-0.39, 0.29) is 39.6 Å². The Morgan fingerprint density at radius 2 is 2.03 bits per heavy atom. The van der Waals surface area contributed by atoms with E-state index in [0.29, 0.717) is 18.4 Å². The van der Waals surface area contributed by atoms with Crippen LogP contribution in [0.25, 0.3) is 0 Å². The van der Waals surface area contributed by atoms with Gasteiger partial charge in [0.2, 0.25) is 0 Å². The maximum atomic E-state index is 13.7. The summed E-state index contributed by atoms with van der Waals surface area (Å²) >= 11 is 0. The van der Waals surface area contributed by atoms with Crippen molar-refractivity contribution in [2.24, 2.45) is 13.0 Å². The first-order chi connectivity index (χ1) is 17.1. The third-order valence-electron chi connectivity index (χ3n) is 6.63. The van der Waals surface area contributed by atoms with Crippen molar-refractivity contribution >= 4 is 21.5 Å². The van der Waals surface area contributed by atoms with Crippen molar-refractivity contribution in [3.8, 4) is 6.07 Å². The number of anilines is 1. The third kappa shape index (κ3) is 5.32. The lowest BCUT2D eigenvalue weighted by atomic mass is 9.91. The molecule has 1 aromatic heterocycles. The highest BCUT2D eigenvalue weighted by atomic mass is 32.2. The van der Waals surface area contributed by atoms with E-state index in [9.17, 15) is 17.8 Å². The van der Waals surface area contributed by atoms with Gasteiger partial charge in [0.05, 0.1) is 10.5 Å². The van der Waals surface area contributed by atoms with Gasteiger partial charge in [0.15, 0.2) is 0 Å². The second-order valence-corrected chi connectivity index (χ2v) is 10.9. The molecule has 3 aromatic rings. The summed E-state index contributed by atoms with van der Waals surface area (Å²) in [5.41, 5.74) is 1.90. The molecule has 0 saturated heterocycles. The van der Waals surface area contributed by atoms with Crippen molar-refractivity contribution in [3.63, 3.8) is 0 Å². The second kappa shape index (κ2) is 10.2. The van der Waals surface area contributed by atoms with Crippen LogP contribution in [0.15, 0.2) is 53.6 Å². The van der Waals surface area contributed by atoms with E-state index in [1.165, 1.54) is 24.3 Å². The van der Waals surface area contributed by atoms with Crippen LogP contribution >= 0.6 is 0 Å². The van der Waals surface area contributed by atoms with Crippen LogP contribution in [0.1, 0.15) is 46.9 Å². The fraction of sp³-hybridized carbons (Fsp3) is 0.308. The predicted octanol–water partition coefficient (Wildman–Crippen LogP) is 4.92. The topological polar surface area (TPSA) is 111 Å². The smallest absolute Gasteiger partial charge is 0.272 e. The average Bonchev–Trinajstić information content (AvgIpc) is 3.13. The monoisotopic (exact) mass is 511 g/mol. The highest BCUT2D eigenvalue weighted by Crippen LogP contribution is 2.31. The molecule has 1 amide bonds. The molecule has 7 nitrogen and oxygen atoms in total. The van der Waals surface area contributed by atoms with E-state index in [2.05, 4.69) is 10.0 Å². The summed E-state index contributed by atoms with van der Waals surface area (Å²) in [7, 11) is -1.73. The molecule has 0 aliphatic carbocycles. The first kappa shape index (κ1) is 25.5. The van der Waals surface area contributed by atoms with E-state index < -0.39 is 21.6 Å². The van der Waals surface area contributed by atoms with Crippen molar-refractivity contribution in [1.82, 2.24) is 9.29 Å². The van der Waals surface area contributed by atoms with Crippen molar-refractivity contribution in [2.45, 2.75) is 43.5 Å². The van der Waals surface area contributed by atoms with E-state index in [0.717, 1.165) is 24.5 Å². The van der Waals surface area contributed by atoms with Gasteiger partial charge in [-0.3, -0.25) is 4.79 Å². The maximum absolute atomic E-state index is 13.7. The number of amides is 1. The Morgan fingerprint density at radius 3 is 2.72 bits per heavy atom. The van der Waals surface area contributed by atoms with Gasteiger partial charge in [-0.05, 0) is 67.5 Å². The summed E-state index contributed by atoms with van der Waals surface area (Å²) < 4.78 is 53.4. The molecule has 0 radical (unpaired) electrons. The van der Waals surface area contributed by atoms with Crippen molar-refractivity contribution in [2.75, 3.05) is 5.32 Å². The Balaban J connectivity index is 1.53. The third-order valence-corrected chi connectivity index (χ3v) is 8.23. The number of nitrogens with zero attached hydrogens (tertiary/aromatic N) is 2. The molecule has 0 saturated carbocycles. The van der Waals surface area contributed by atoms with Crippen LogP contribution in [-0.2, 0) is 29.8 Å². The molecule has 10 heteroatoms. The zero-order valence-corrected chi connectivity index (χ0v) is 20.8. The molecule has 3 atom stereocenters. The Morgan fingerprint density at radius 1 is 1.31 bits per heavy atom. The molecule has 3 N–H and O–H groups in total. The lowest BCUT2D eigenvalue weighted by molar-refractivity contribution is 0.101. The van der Waals surface area contributed by atoms with Crippen LogP contribution in [0.4, 0.5) is 14.5 Å². The van der Waals surface area contributed by atoms with E-state index >= 15 is 0 Å². The highest BCUT2D eigenvalue weighted by Gasteiger charge is 2.32. The fourth-order valence-electron chi connectivity index (χ4n) is 4.60. The van der Waals surface area contributed by atoms with Gasteiger partial charge in [0, 0.05) is 30.5 Å². The number of fused-ring (bicyclic) bond motifs is 1. The zero-order chi connectivity index (χ0) is 26.0. The predicted molar refractivity (Wildman–Crippen MR) is 133 cm³/mol. The minimum atomic E-state index is -3.38. The van der Waals surface area contributed by atoms with Crippen molar-refractivity contribution < 1.29 is 17.8 Å². The van der Waals surface area contributed by atoms with Gasteiger partial charge in [0.1, 0.15) is 33.3 Å². The first-order valence-electron chi connectivity index (χ1n) is 11.6. The van der Waals surface area contributed by atoms with E-state index in [1.54, 1.807) is 36.0 Å². The van der Waals surface area contributed by atoms with E-state index in [4.69, 9.17) is 10.0 Å². The molecule has 0 fully saturated rings. The summed E-state index contributed by atoms with van der Waals surface area (Å²) in [6.07, 6.45) is 4.05. The number of nitrogens with one attached hydrogen (secondary N) is 3. The molecule has 0 bridgehead atoms. The van der Waals surface area contributed by atoms with Crippen LogP contribution in [0.3, 0.4) is 0 Å². The summed E-state index contributed by atoms with van der Waals surface area (Å²) in [6, 6.07) is 11.6. The quantitative estimate of drug-likeness (QED) is 0.437. The van der Waals surface area contributed by atoms with Crippen LogP contribution in [0.2, 0.25) is 0 Å². The number of nitriles is 1. The zero-order valence-electron chi connectivity index (χ0n) is 20.0. The van der Waals surface area contributed by atoms with Gasteiger partial charge >= 0.3 is 0 Å². The minimum absolute atomic E-state index is 0.0832. The number of halogens is 2. The van der Waals surface area contributed by atoms with Crippen LogP contribution in [0.5, 0.6) is 0 Å². The van der Waals surface area contributed by atoms with Gasteiger partial charge in [-0.1, -0.05) is 19.1 Å². The number of hydrogen-bond acceptors (Lipinski definition) is 4. The average molecular weight is 512 g/mol. The van der Waals surface area contributed by atoms with Gasteiger partial charge in [-0.2, -0.15) is 5.26 Å². The van der Waals surface area contributed by atoms with Gasteiger partial charge in [0.25, 0.3) is 5.91 Å². The number of carbonyl (C=O) groups is 1. The lowest BCUT2D eigenvalue weighted by Crippen LogP contribution is -2.37. The molecule has 4 rings (SSSR count). The molecule has 2 aromatic carbocycles. The van der Waals surface area contributed by atoms with Crippen LogP contribution < -0.4 is 10.0 Å². The molecular formula is C26H27F2N5O2S. The molecule has 1 unspecified atom stereocenters. The molecule has 188 valence electrons. The van der Waals surface area contributed by atoms with Gasteiger partial charge < -0.3 is 9.88 Å². The SMILES string of the molecule is C[C@@H](CCc1ccc(F)cc1)[C@H]1CCc2c(cn(C)c2C(=O)Nc2ccc(F)c(C#N)c2)S(=N)(=O)N1. The van der Waals surface area contributed by atoms with Crippen LogP contribution in [-0.4, -0.2) is 20.7 Å². The fourth-order valence-corrected chi connectivity index (χ4v) is 6.35. The first-order valence-corrected chi connectivity index (χ1v) is 13.1. The van der Waals surface area contributed by atoms with Gasteiger partial charge in [-0.15, -0.1) is 0 Å². The summed E-state index contributed by atoms with van der Waals surface area (Å²) in [5.74, 6) is -1.37. The maximum Gasteiger partial charge on any atom is 0.272 e. The number of benzene rings is 2. The highest BCUT2D eigenvalue weighted by molar-refractivity contribution is 7.90. The van der Waals surface area contributed by atoms with Gasteiger partial charge in [-0.25, -0.2) is 22.5 Å². The van der Waals surface area contributed by atoms with Crippen molar-refractivity contribution in [1.29, 1.82) is 10.0 Å². The van der Waals surface area contributed by atoms with E-state index in [1.807, 2.05) is 6.92 Å². The summed E-state index contributed by atoms with van der Waals surface area (Å²) in [6.45, 7) is 2.03. The lowest BCUT2D eigenvalue weighted by Gasteiger charge is -2.24. The Bertz CT molecular complexity index is 1440.